The van der Waals surface area contributed by atoms with E-state index >= 15 is 0 Å². The summed E-state index contributed by atoms with van der Waals surface area (Å²) in [4.78, 5) is 24.9. The van der Waals surface area contributed by atoms with Crippen LogP contribution >= 0.6 is 11.6 Å². The second-order valence-electron chi connectivity index (χ2n) is 4.15. The molecule has 130 valence electrons. The van der Waals surface area contributed by atoms with Gasteiger partial charge in [-0.1, -0.05) is 16.6 Å². The molecule has 0 saturated heterocycles. The van der Waals surface area contributed by atoms with Crippen molar-refractivity contribution in [2.75, 3.05) is 5.73 Å². The number of nitro benzene ring substituents is 2. The minimum absolute atomic E-state index is 0.350. The average molecular weight is 372 g/mol. The van der Waals surface area contributed by atoms with Gasteiger partial charge in [-0.15, -0.1) is 0 Å². The number of H-pyrrole nitrogens is 1. The number of halogens is 1. The Labute approximate surface area is 140 Å². The van der Waals surface area contributed by atoms with E-state index in [-0.39, 0.29) is 4.90 Å². The third kappa shape index (κ3) is 3.27. The van der Waals surface area contributed by atoms with Gasteiger partial charge in [0.05, 0.1) is 26.9 Å². The fourth-order valence-electron chi connectivity index (χ4n) is 1.69. The van der Waals surface area contributed by atoms with Crippen molar-refractivity contribution in [3.63, 3.8) is 0 Å². The van der Waals surface area contributed by atoms with Gasteiger partial charge >= 0.3 is 17.2 Å². The zero-order valence-corrected chi connectivity index (χ0v) is 12.5. The molecule has 2 heterocycles. The van der Waals surface area contributed by atoms with Gasteiger partial charge in [0.1, 0.15) is 6.20 Å². The Morgan fingerprint density at radius 1 is 1.28 bits per heavy atom. The maximum atomic E-state index is 11.5. The molecule has 0 aliphatic heterocycles. The topological polar surface area (TPSA) is 215 Å². The van der Waals surface area contributed by atoms with E-state index in [4.69, 9.17) is 17.3 Å². The summed E-state index contributed by atoms with van der Waals surface area (Å²) >= 11 is 5.48. The highest BCUT2D eigenvalue weighted by molar-refractivity contribution is 6.37. The molecular weight excluding hydrogens is 366 g/mol. The van der Waals surface area contributed by atoms with Crippen LogP contribution < -0.4 is 20.7 Å². The van der Waals surface area contributed by atoms with Crippen LogP contribution in [0.25, 0.3) is 11.0 Å². The molecule has 0 fully saturated rings. The summed E-state index contributed by atoms with van der Waals surface area (Å²) in [5.41, 5.74) is 1.20. The number of aromatic amines is 1. The molecule has 1 aromatic carbocycles. The number of anilines is 1. The van der Waals surface area contributed by atoms with Crippen molar-refractivity contribution in [1.29, 1.82) is 0 Å². The fraction of sp³-hybridized carbons (Fsp3) is 0. The summed E-state index contributed by atoms with van der Waals surface area (Å²) in [6, 6.07) is 1.77. The molecule has 25 heavy (non-hydrogen) atoms. The number of nitrogens with one attached hydrogen (secondary N) is 1. The lowest BCUT2D eigenvalue weighted by molar-refractivity contribution is -0.782. The molecule has 3 aromatic rings. The van der Waals surface area contributed by atoms with E-state index in [0.717, 1.165) is 0 Å². The summed E-state index contributed by atoms with van der Waals surface area (Å²) in [6.45, 7) is 0. The van der Waals surface area contributed by atoms with Crippen molar-refractivity contribution < 1.29 is 29.5 Å². The Balaban J connectivity index is 0.000000269. The Hall–Kier alpha value is -3.81. The lowest BCUT2D eigenvalue weighted by Gasteiger charge is -2.06. The first-order valence-corrected chi connectivity index (χ1v) is 6.42. The highest BCUT2D eigenvalue weighted by atomic mass is 35.5. The molecule has 3 N–H and O–H groups in total. The van der Waals surface area contributed by atoms with Crippen molar-refractivity contribution in [2.24, 2.45) is 0 Å². The molecule has 15 heteroatoms. The highest BCUT2D eigenvalue weighted by Gasteiger charge is 2.35. The van der Waals surface area contributed by atoms with E-state index in [1.165, 1.54) is 0 Å². The minimum Gasteiger partial charge on any atom is -0.863 e. The largest absolute Gasteiger partial charge is 0.863 e. The van der Waals surface area contributed by atoms with Crippen LogP contribution in [0.15, 0.2) is 23.1 Å². The van der Waals surface area contributed by atoms with Crippen LogP contribution in [0.4, 0.5) is 17.3 Å². The van der Waals surface area contributed by atoms with Crippen LogP contribution in [-0.2, 0) is 0 Å². The Morgan fingerprint density at radius 3 is 2.36 bits per heavy atom. The van der Waals surface area contributed by atoms with Crippen molar-refractivity contribution in [1.82, 2.24) is 10.1 Å². The standard InChI is InChI=1S/C6HClN4O7.C4H5N3/c7-1-3-2(8-18-11(3)17)5(10(15)16)6(12)4(1)9(13)14;5-4-6-2-1-3-7-4/h12H;1-3H,(H2,5,6,7). The van der Waals surface area contributed by atoms with Crippen molar-refractivity contribution in [3.05, 3.63) is 48.9 Å². The number of nitrogens with two attached hydrogens (primary N) is 1. The first-order chi connectivity index (χ1) is 11.8. The van der Waals surface area contributed by atoms with Crippen LogP contribution in [0, 0.1) is 25.4 Å². The molecule has 0 unspecified atom stereocenters. The molecule has 3 rings (SSSR count). The van der Waals surface area contributed by atoms with Crippen LogP contribution in [0.5, 0.6) is 5.75 Å². The molecule has 0 atom stereocenters. The van der Waals surface area contributed by atoms with Gasteiger partial charge in [0.15, 0.2) is 5.02 Å². The molecule has 0 amide bonds. The first-order valence-electron chi connectivity index (χ1n) is 6.04. The number of hydrogen-bond donors (Lipinski definition) is 1. The van der Waals surface area contributed by atoms with E-state index in [2.05, 4.69) is 19.8 Å². The SMILES string of the molecule is Nc1nccc[nH+]1.O=[N+]([O-])c1c([O-])c([N+](=O)[O-])c2no[n+]([O-])c2c1Cl. The third-order valence-corrected chi connectivity index (χ3v) is 3.03. The summed E-state index contributed by atoms with van der Waals surface area (Å²) in [6.07, 6.45) is 3.36. The second-order valence-corrected chi connectivity index (χ2v) is 4.53. The predicted molar refractivity (Wildman–Crippen MR) is 75.9 cm³/mol. The number of nitrogen functional groups attached to an aromatic ring is 1. The van der Waals surface area contributed by atoms with Crippen molar-refractivity contribution in [3.8, 4) is 5.75 Å². The Kier molecular flexibility index (Phi) is 4.74. The van der Waals surface area contributed by atoms with Crippen LogP contribution in [-0.4, -0.2) is 20.0 Å². The normalized spacial score (nSPS) is 10.1. The minimum atomic E-state index is -1.55. The van der Waals surface area contributed by atoms with Crippen molar-refractivity contribution >= 4 is 40.0 Å². The van der Waals surface area contributed by atoms with Gasteiger partial charge in [0, 0.05) is 6.07 Å². The van der Waals surface area contributed by atoms with Gasteiger partial charge in [-0.05, 0) is 4.90 Å². The van der Waals surface area contributed by atoms with Crippen molar-refractivity contribution in [2.45, 2.75) is 0 Å². The maximum Gasteiger partial charge on any atom is 0.386 e. The summed E-state index contributed by atoms with van der Waals surface area (Å²) in [5, 5.41) is 46.1. The first kappa shape index (κ1) is 17.5. The van der Waals surface area contributed by atoms with E-state index in [1.807, 2.05) is 0 Å². The zero-order valence-electron chi connectivity index (χ0n) is 11.8. The lowest BCUT2D eigenvalue weighted by atomic mass is 10.2. The average Bonchev–Trinajstić information content (AvgIpc) is 2.90. The number of rotatable bonds is 2. The van der Waals surface area contributed by atoms with Crippen LogP contribution in [0.2, 0.25) is 5.02 Å². The summed E-state index contributed by atoms with van der Waals surface area (Å²) < 4.78 is 4.04. The predicted octanol–water partition coefficient (Wildman–Crippen LogP) is -0.517. The fourth-order valence-corrected chi connectivity index (χ4v) is 2.00. The van der Waals surface area contributed by atoms with Gasteiger partial charge in [0.25, 0.3) is 11.2 Å². The number of nitrogens with zero attached hydrogens (tertiary/aromatic N) is 5. The molecule has 0 radical (unpaired) electrons. The summed E-state index contributed by atoms with van der Waals surface area (Å²) in [7, 11) is 0. The molecule has 2 aromatic heterocycles. The van der Waals surface area contributed by atoms with E-state index in [0.29, 0.717) is 5.95 Å². The molecule has 0 spiro atoms. The number of fused-ring (bicyclic) bond motifs is 1. The molecule has 14 nitrogen and oxygen atoms in total. The quantitative estimate of drug-likeness (QED) is 0.345. The smallest absolute Gasteiger partial charge is 0.386 e. The van der Waals surface area contributed by atoms with E-state index in [9.17, 15) is 30.5 Å². The molecule has 0 bridgehead atoms. The van der Waals surface area contributed by atoms with E-state index < -0.39 is 43.0 Å². The maximum absolute atomic E-state index is 11.5. The molecule has 0 saturated carbocycles. The number of nitro groups is 2. The lowest BCUT2D eigenvalue weighted by Crippen LogP contribution is -2.23. The highest BCUT2D eigenvalue weighted by Crippen LogP contribution is 2.44. The number of benzene rings is 1. The van der Waals surface area contributed by atoms with Gasteiger partial charge in [-0.3, -0.25) is 30.6 Å². The molecular formula is C10H6ClN7O7. The van der Waals surface area contributed by atoms with Crippen LogP contribution in [0.3, 0.4) is 0 Å². The van der Waals surface area contributed by atoms with Crippen LogP contribution in [0.1, 0.15) is 0 Å². The van der Waals surface area contributed by atoms with Gasteiger partial charge in [-0.25, -0.2) is 4.98 Å². The Morgan fingerprint density at radius 2 is 1.92 bits per heavy atom. The third-order valence-electron chi connectivity index (χ3n) is 2.68. The molecule has 0 aliphatic rings. The summed E-state index contributed by atoms with van der Waals surface area (Å²) in [5.74, 6) is -1.10. The zero-order chi connectivity index (χ0) is 18.7. The second kappa shape index (κ2) is 6.75. The number of hydrogen-bond acceptors (Lipinski definition) is 10. The molecule has 0 aliphatic carbocycles. The Bertz CT molecular complexity index is 961. The van der Waals surface area contributed by atoms with Gasteiger partial charge in [0.2, 0.25) is 0 Å². The van der Waals surface area contributed by atoms with E-state index in [1.54, 1.807) is 18.5 Å². The van der Waals surface area contributed by atoms with Gasteiger partial charge in [-0.2, -0.15) is 0 Å². The van der Waals surface area contributed by atoms with Gasteiger partial charge < -0.3 is 10.3 Å². The monoisotopic (exact) mass is 371 g/mol. The number of aromatic nitrogens is 4.